The summed E-state index contributed by atoms with van der Waals surface area (Å²) >= 11 is 0. The van der Waals surface area contributed by atoms with E-state index in [1.54, 1.807) is 9.47 Å². The number of carbonyl (C=O) groups is 1. The Morgan fingerprint density at radius 2 is 1.79 bits per heavy atom. The van der Waals surface area contributed by atoms with E-state index in [0.717, 1.165) is 34.8 Å². The summed E-state index contributed by atoms with van der Waals surface area (Å²) in [6, 6.07) is 15.6. The molecule has 4 heterocycles. The third-order valence-corrected chi connectivity index (χ3v) is 5.76. The molecule has 0 saturated carbocycles. The van der Waals surface area contributed by atoms with Gasteiger partial charge >= 0.3 is 5.69 Å². The second kappa shape index (κ2) is 5.91. The van der Waals surface area contributed by atoms with Gasteiger partial charge in [0, 0.05) is 24.3 Å². The van der Waals surface area contributed by atoms with Crippen LogP contribution in [0.2, 0.25) is 0 Å². The van der Waals surface area contributed by atoms with Crippen molar-refractivity contribution in [1.82, 2.24) is 14.3 Å². The van der Waals surface area contributed by atoms with E-state index in [1.807, 2.05) is 53.4 Å². The maximum Gasteiger partial charge on any atom is 0.352 e. The van der Waals surface area contributed by atoms with E-state index in [9.17, 15) is 9.59 Å². The zero-order valence-corrected chi connectivity index (χ0v) is 15.7. The molecule has 0 N–H and O–H groups in total. The van der Waals surface area contributed by atoms with E-state index >= 15 is 0 Å². The number of amides is 1. The van der Waals surface area contributed by atoms with Gasteiger partial charge in [0.05, 0.1) is 12.2 Å². The minimum atomic E-state index is -0.306. The molecule has 3 aliphatic heterocycles. The first-order chi connectivity index (χ1) is 14.2. The molecule has 0 unspecified atom stereocenters. The van der Waals surface area contributed by atoms with Gasteiger partial charge in [-0.2, -0.15) is 0 Å². The Hall–Kier alpha value is -3.68. The monoisotopic (exact) mass is 386 g/mol. The Bertz CT molecular complexity index is 1250. The number of para-hydroxylation sites is 2. The summed E-state index contributed by atoms with van der Waals surface area (Å²) in [5.41, 5.74) is 3.45. The lowest BCUT2D eigenvalue weighted by molar-refractivity contribution is -0.119. The standard InChI is InChI=1S/C21H18N6O2/c28-18(24-11-9-14-5-1-3-7-16(14)24)13-26-21(29)27-17-8-4-2-6-15(17)19-22-10-12-25(19)20(27)23-26/h1-8H,9-13H2. The average Bonchev–Trinajstić information content (AvgIpc) is 3.46. The van der Waals surface area contributed by atoms with Gasteiger partial charge in [0.25, 0.3) is 0 Å². The first kappa shape index (κ1) is 16.3. The molecule has 8 heteroatoms. The topological polar surface area (TPSA) is 75.7 Å². The third-order valence-electron chi connectivity index (χ3n) is 5.76. The summed E-state index contributed by atoms with van der Waals surface area (Å²) in [6.07, 6.45) is 0.831. The molecule has 0 aliphatic carbocycles. The predicted octanol–water partition coefficient (Wildman–Crippen LogP) is 1.20. The van der Waals surface area contributed by atoms with Crippen molar-refractivity contribution in [3.05, 3.63) is 70.1 Å². The number of anilines is 2. The highest BCUT2D eigenvalue weighted by Gasteiger charge is 2.35. The lowest BCUT2D eigenvalue weighted by Gasteiger charge is -2.26. The van der Waals surface area contributed by atoms with Crippen molar-refractivity contribution in [2.24, 2.45) is 4.99 Å². The van der Waals surface area contributed by atoms with Crippen molar-refractivity contribution in [3.8, 4) is 5.69 Å². The van der Waals surface area contributed by atoms with E-state index in [4.69, 9.17) is 0 Å². The smallest absolute Gasteiger partial charge is 0.310 e. The molecule has 6 rings (SSSR count). The van der Waals surface area contributed by atoms with Gasteiger partial charge in [0.15, 0.2) is 0 Å². The van der Waals surface area contributed by atoms with Crippen LogP contribution in [0.15, 0.2) is 58.3 Å². The van der Waals surface area contributed by atoms with Crippen LogP contribution in [0.1, 0.15) is 11.1 Å². The molecule has 0 bridgehead atoms. The summed E-state index contributed by atoms with van der Waals surface area (Å²) < 4.78 is 2.86. The van der Waals surface area contributed by atoms with Crippen LogP contribution in [0.3, 0.4) is 0 Å². The lowest BCUT2D eigenvalue weighted by atomic mass is 10.1. The van der Waals surface area contributed by atoms with E-state index in [0.29, 0.717) is 25.6 Å². The molecule has 0 fully saturated rings. The summed E-state index contributed by atoms with van der Waals surface area (Å²) in [6.45, 7) is 1.88. The summed E-state index contributed by atoms with van der Waals surface area (Å²) in [4.78, 5) is 34.5. The third kappa shape index (κ3) is 2.25. The number of amidine groups is 1. The predicted molar refractivity (Wildman–Crippen MR) is 109 cm³/mol. The fourth-order valence-corrected chi connectivity index (χ4v) is 4.43. The molecule has 0 radical (unpaired) electrons. The molecule has 0 saturated heterocycles. The first-order valence-corrected chi connectivity index (χ1v) is 9.72. The van der Waals surface area contributed by atoms with E-state index in [-0.39, 0.29) is 18.1 Å². The minimum absolute atomic E-state index is 0.0876. The van der Waals surface area contributed by atoms with Crippen molar-refractivity contribution in [1.29, 1.82) is 0 Å². The summed E-state index contributed by atoms with van der Waals surface area (Å²) in [5.74, 6) is 1.24. The van der Waals surface area contributed by atoms with Gasteiger partial charge in [-0.3, -0.25) is 14.7 Å². The van der Waals surface area contributed by atoms with Gasteiger partial charge < -0.3 is 4.90 Å². The molecule has 29 heavy (non-hydrogen) atoms. The van der Waals surface area contributed by atoms with Gasteiger partial charge in [-0.1, -0.05) is 30.3 Å². The number of rotatable bonds is 2. The molecule has 3 aliphatic rings. The van der Waals surface area contributed by atoms with Crippen LogP contribution in [-0.2, 0) is 17.8 Å². The molecule has 144 valence electrons. The van der Waals surface area contributed by atoms with Crippen molar-refractivity contribution in [2.75, 3.05) is 29.4 Å². The number of benzene rings is 2. The highest BCUT2D eigenvalue weighted by atomic mass is 16.2. The largest absolute Gasteiger partial charge is 0.352 e. The Morgan fingerprint density at radius 3 is 2.69 bits per heavy atom. The summed E-state index contributed by atoms with van der Waals surface area (Å²) in [5, 5.41) is 4.52. The Morgan fingerprint density at radius 1 is 1.00 bits per heavy atom. The number of hydrogen-bond donors (Lipinski definition) is 0. The average molecular weight is 386 g/mol. The molecule has 1 aromatic heterocycles. The lowest BCUT2D eigenvalue weighted by Crippen LogP contribution is -2.38. The zero-order chi connectivity index (χ0) is 19.5. The van der Waals surface area contributed by atoms with Crippen LogP contribution in [0.25, 0.3) is 5.69 Å². The first-order valence-electron chi connectivity index (χ1n) is 9.72. The van der Waals surface area contributed by atoms with Gasteiger partial charge in [-0.05, 0) is 30.2 Å². The molecule has 1 amide bonds. The SMILES string of the molecule is O=C(Cn1nc2n(c1=O)-c1ccccc1C1=NCCN12)N1CCc2ccccc21. The Kier molecular flexibility index (Phi) is 3.32. The van der Waals surface area contributed by atoms with Gasteiger partial charge in [-0.25, -0.2) is 14.0 Å². The van der Waals surface area contributed by atoms with E-state index in [2.05, 4.69) is 10.1 Å². The second-order valence-corrected chi connectivity index (χ2v) is 7.37. The Balaban J connectivity index is 1.40. The normalized spacial score (nSPS) is 16.2. The van der Waals surface area contributed by atoms with Crippen LogP contribution in [0.4, 0.5) is 11.6 Å². The molecule has 0 atom stereocenters. The van der Waals surface area contributed by atoms with Crippen LogP contribution in [0, 0.1) is 0 Å². The van der Waals surface area contributed by atoms with Crippen molar-refractivity contribution >= 4 is 23.4 Å². The number of aliphatic imine (C=N–C) groups is 1. The number of nitrogens with zero attached hydrogens (tertiary/aromatic N) is 6. The second-order valence-electron chi connectivity index (χ2n) is 7.37. The zero-order valence-electron chi connectivity index (χ0n) is 15.7. The van der Waals surface area contributed by atoms with Gasteiger partial charge in [-0.15, -0.1) is 5.10 Å². The number of hydrogen-bond acceptors (Lipinski definition) is 5. The fraction of sp³-hybridized carbons (Fsp3) is 0.238. The van der Waals surface area contributed by atoms with Crippen molar-refractivity contribution in [3.63, 3.8) is 0 Å². The van der Waals surface area contributed by atoms with Gasteiger partial charge in [0.1, 0.15) is 12.4 Å². The molecular weight excluding hydrogens is 368 g/mol. The Labute approximate surface area is 166 Å². The molecule has 3 aromatic rings. The number of fused-ring (bicyclic) bond motifs is 7. The molecule has 2 aromatic carbocycles. The fourth-order valence-electron chi connectivity index (χ4n) is 4.43. The van der Waals surface area contributed by atoms with Crippen LogP contribution in [0.5, 0.6) is 0 Å². The number of aromatic nitrogens is 3. The molecule has 0 spiro atoms. The van der Waals surface area contributed by atoms with E-state index < -0.39 is 0 Å². The van der Waals surface area contributed by atoms with Crippen molar-refractivity contribution in [2.45, 2.75) is 13.0 Å². The number of carbonyl (C=O) groups excluding carboxylic acids is 1. The maximum absolute atomic E-state index is 13.2. The van der Waals surface area contributed by atoms with Crippen LogP contribution >= 0.6 is 0 Å². The molecule has 8 nitrogen and oxygen atoms in total. The maximum atomic E-state index is 13.2. The highest BCUT2D eigenvalue weighted by molar-refractivity contribution is 6.14. The summed E-state index contributed by atoms with van der Waals surface area (Å²) in [7, 11) is 0. The van der Waals surface area contributed by atoms with Gasteiger partial charge in [0.2, 0.25) is 11.9 Å². The van der Waals surface area contributed by atoms with Crippen LogP contribution in [-0.4, -0.2) is 45.7 Å². The molecular formula is C21H18N6O2. The van der Waals surface area contributed by atoms with Crippen LogP contribution < -0.4 is 15.5 Å². The van der Waals surface area contributed by atoms with Crippen molar-refractivity contribution < 1.29 is 4.79 Å². The minimum Gasteiger partial charge on any atom is -0.310 e. The highest BCUT2D eigenvalue weighted by Crippen LogP contribution is 2.30. The van der Waals surface area contributed by atoms with E-state index in [1.165, 1.54) is 4.68 Å². The quantitative estimate of drug-likeness (QED) is 0.663.